The fourth-order valence-corrected chi connectivity index (χ4v) is 9.95. The largest absolute Gasteiger partial charge is 0.394 e. The van der Waals surface area contributed by atoms with Gasteiger partial charge in [0, 0.05) is 58.2 Å². The first-order chi connectivity index (χ1) is 25.7. The Kier molecular flexibility index (Phi) is 14.1. The van der Waals surface area contributed by atoms with Crippen LogP contribution in [0.3, 0.4) is 0 Å². The number of aliphatic hydroxyl groups is 4. The van der Waals surface area contributed by atoms with E-state index in [0.29, 0.717) is 44.6 Å². The molecule has 0 aromatic rings. The summed E-state index contributed by atoms with van der Waals surface area (Å²) in [7, 11) is 1.59. The Hall–Kier alpha value is -1.36. The zero-order chi connectivity index (χ0) is 38.9. The Labute approximate surface area is 320 Å². The lowest BCUT2D eigenvalue weighted by Gasteiger charge is -2.46. The van der Waals surface area contributed by atoms with Gasteiger partial charge in [-0.1, -0.05) is 34.3 Å². The minimum absolute atomic E-state index is 0.0139. The molecule has 6 fully saturated rings. The molecule has 308 valence electrons. The van der Waals surface area contributed by atoms with Gasteiger partial charge in [-0.3, -0.25) is 9.59 Å². The summed E-state index contributed by atoms with van der Waals surface area (Å²) in [6.45, 7) is 13.1. The maximum atomic E-state index is 13.8. The number of methoxy groups -OCH3 is 1. The molecule has 54 heavy (non-hydrogen) atoms. The maximum Gasteiger partial charge on any atom is 0.135 e. The molecule has 6 aliphatic rings. The zero-order valence-corrected chi connectivity index (χ0v) is 32.9. The van der Waals surface area contributed by atoms with Crippen molar-refractivity contribution in [3.63, 3.8) is 0 Å². The molecule has 13 heteroatoms. The molecule has 6 saturated heterocycles. The molecule has 0 bridgehead atoms. The first-order valence-corrected chi connectivity index (χ1v) is 20.5. The third-order valence-electron chi connectivity index (χ3n) is 13.7. The summed E-state index contributed by atoms with van der Waals surface area (Å²) < 4.78 is 43.4. The SMILES string of the molecule is C=C1CC(CCC(=O)C[C@H]2OC3C(O)[C@H]4OC(CC(=O)CC5[C@@H](OC)C(CC(O)CO)O[C@H]5C[C@H]5OCC[C@@H](C)C5(C)C)CCC4O[C@H]3C2O)OC1CC. The molecule has 0 aromatic heterocycles. The minimum atomic E-state index is -1.10. The smallest absolute Gasteiger partial charge is 0.135 e. The molecule has 0 aliphatic carbocycles. The van der Waals surface area contributed by atoms with Crippen LogP contribution in [-0.4, -0.2) is 144 Å². The Bertz CT molecular complexity index is 1290. The van der Waals surface area contributed by atoms with Crippen molar-refractivity contribution in [2.24, 2.45) is 17.3 Å². The van der Waals surface area contributed by atoms with Crippen LogP contribution >= 0.6 is 0 Å². The van der Waals surface area contributed by atoms with E-state index in [1.165, 1.54) is 0 Å². The number of Topliss-reactive ketones (excluding diaryl/α,β-unsaturated/α-hetero) is 2. The van der Waals surface area contributed by atoms with Crippen molar-refractivity contribution in [3.05, 3.63) is 12.2 Å². The lowest BCUT2D eigenvalue weighted by Crippen LogP contribution is -2.61. The van der Waals surface area contributed by atoms with Gasteiger partial charge in [-0.15, -0.1) is 0 Å². The maximum absolute atomic E-state index is 13.8. The van der Waals surface area contributed by atoms with Gasteiger partial charge in [0.15, 0.2) is 0 Å². The van der Waals surface area contributed by atoms with Crippen LogP contribution < -0.4 is 0 Å². The highest BCUT2D eigenvalue weighted by Gasteiger charge is 2.57. The molecule has 0 spiro atoms. The van der Waals surface area contributed by atoms with Gasteiger partial charge >= 0.3 is 0 Å². The number of hydrogen-bond donors (Lipinski definition) is 4. The highest BCUT2D eigenvalue weighted by Crippen LogP contribution is 2.45. The van der Waals surface area contributed by atoms with Gasteiger partial charge in [0.1, 0.15) is 42.1 Å². The van der Waals surface area contributed by atoms with Crippen molar-refractivity contribution < 1.29 is 63.2 Å². The molecular weight excluding hydrogens is 700 g/mol. The average molecular weight is 767 g/mol. The van der Waals surface area contributed by atoms with Crippen LogP contribution in [0.1, 0.15) is 105 Å². The summed E-state index contributed by atoms with van der Waals surface area (Å²) >= 11 is 0. The second-order valence-electron chi connectivity index (χ2n) is 17.6. The van der Waals surface area contributed by atoms with Gasteiger partial charge in [0.2, 0.25) is 0 Å². The monoisotopic (exact) mass is 766 g/mol. The summed E-state index contributed by atoms with van der Waals surface area (Å²) in [5.74, 6) is 0.0994. The number of rotatable bonds is 16. The Morgan fingerprint density at radius 1 is 0.907 bits per heavy atom. The summed E-state index contributed by atoms with van der Waals surface area (Å²) in [5.41, 5.74) is 0.972. The van der Waals surface area contributed by atoms with E-state index in [4.69, 9.17) is 33.2 Å². The van der Waals surface area contributed by atoms with Crippen molar-refractivity contribution in [1.29, 1.82) is 0 Å². The van der Waals surface area contributed by atoms with E-state index in [9.17, 15) is 30.0 Å². The molecular formula is C41H66O13. The number of ketones is 2. The summed E-state index contributed by atoms with van der Waals surface area (Å²) in [5, 5.41) is 42.4. The van der Waals surface area contributed by atoms with Crippen LogP contribution in [-0.2, 0) is 42.7 Å². The Balaban J connectivity index is 1.03. The number of ether oxygens (including phenoxy) is 7. The van der Waals surface area contributed by atoms with Crippen molar-refractivity contribution in [3.8, 4) is 0 Å². The van der Waals surface area contributed by atoms with Crippen LogP contribution in [0.2, 0.25) is 0 Å². The zero-order valence-electron chi connectivity index (χ0n) is 32.9. The van der Waals surface area contributed by atoms with Gasteiger partial charge in [0.25, 0.3) is 0 Å². The topological polar surface area (TPSA) is 180 Å². The highest BCUT2D eigenvalue weighted by molar-refractivity contribution is 5.79. The summed E-state index contributed by atoms with van der Waals surface area (Å²) in [6.07, 6.45) is -2.95. The van der Waals surface area contributed by atoms with Gasteiger partial charge in [-0.2, -0.15) is 0 Å². The second kappa shape index (κ2) is 18.1. The highest BCUT2D eigenvalue weighted by atomic mass is 16.6. The van der Waals surface area contributed by atoms with E-state index in [2.05, 4.69) is 34.3 Å². The molecule has 0 radical (unpaired) electrons. The van der Waals surface area contributed by atoms with E-state index in [1.807, 2.05) is 0 Å². The van der Waals surface area contributed by atoms with Gasteiger partial charge in [0.05, 0.1) is 67.6 Å². The van der Waals surface area contributed by atoms with E-state index >= 15 is 0 Å². The third kappa shape index (κ3) is 9.17. The number of carbonyl (C=O) groups is 2. The molecule has 13 nitrogen and oxygen atoms in total. The Morgan fingerprint density at radius 3 is 2.37 bits per heavy atom. The fraction of sp³-hybridized carbons (Fsp3) is 0.902. The molecule has 6 aliphatic heterocycles. The van der Waals surface area contributed by atoms with Crippen LogP contribution in [0.25, 0.3) is 0 Å². The van der Waals surface area contributed by atoms with Crippen LogP contribution in [0.5, 0.6) is 0 Å². The molecule has 6 rings (SSSR count). The van der Waals surface area contributed by atoms with Gasteiger partial charge in [-0.05, 0) is 55.4 Å². The van der Waals surface area contributed by atoms with E-state index in [0.717, 1.165) is 24.8 Å². The number of carbonyl (C=O) groups excluding carboxylic acids is 2. The Morgan fingerprint density at radius 2 is 1.67 bits per heavy atom. The minimum Gasteiger partial charge on any atom is -0.394 e. The van der Waals surface area contributed by atoms with Gasteiger partial charge in [-0.25, -0.2) is 0 Å². The third-order valence-corrected chi connectivity index (χ3v) is 13.7. The normalized spacial score (nSPS) is 43.8. The lowest BCUT2D eigenvalue weighted by atomic mass is 9.70. The predicted molar refractivity (Wildman–Crippen MR) is 196 cm³/mol. The van der Waals surface area contributed by atoms with Crippen molar-refractivity contribution in [1.82, 2.24) is 0 Å². The molecule has 6 heterocycles. The van der Waals surface area contributed by atoms with Crippen LogP contribution in [0.4, 0.5) is 0 Å². The summed E-state index contributed by atoms with van der Waals surface area (Å²) in [6, 6.07) is 0. The average Bonchev–Trinajstić information content (AvgIpc) is 3.77. The van der Waals surface area contributed by atoms with Crippen LogP contribution in [0, 0.1) is 17.3 Å². The van der Waals surface area contributed by atoms with E-state index in [-0.39, 0.29) is 73.0 Å². The van der Waals surface area contributed by atoms with Crippen molar-refractivity contribution in [2.45, 2.75) is 196 Å². The second-order valence-corrected chi connectivity index (χ2v) is 17.6. The number of fused-ring (bicyclic) bond motifs is 2. The summed E-state index contributed by atoms with van der Waals surface area (Å²) in [4.78, 5) is 26.8. The predicted octanol–water partition coefficient (Wildman–Crippen LogP) is 2.99. The molecule has 10 unspecified atom stereocenters. The molecule has 4 N–H and O–H groups in total. The molecule has 0 saturated carbocycles. The van der Waals surface area contributed by atoms with Crippen molar-refractivity contribution >= 4 is 11.6 Å². The van der Waals surface area contributed by atoms with Crippen LogP contribution in [0.15, 0.2) is 12.2 Å². The standard InChI is InChI=1S/C41H66O13/c1-7-29-21(2)14-26(50-29)9-8-23(43)17-32-35(46)39-40(54-32)36(47)38-30(53-39)11-10-27(51-38)15-24(44)16-28-31(19-34-41(4,5)22(3)12-13-49-34)52-33(37(28)48-6)18-25(45)20-42/h22,25-40,42,45-47H,2,7-20H2,1,3-6H3/t22-,25?,26?,27?,28?,29?,30?,31+,32-,33?,34-,35?,36?,37-,38+,39+,40?/m1/s1. The molecule has 0 amide bonds. The number of aliphatic hydroxyl groups excluding tert-OH is 4. The van der Waals surface area contributed by atoms with E-state index < -0.39 is 73.8 Å². The van der Waals surface area contributed by atoms with E-state index in [1.54, 1.807) is 7.11 Å². The first-order valence-electron chi connectivity index (χ1n) is 20.5. The van der Waals surface area contributed by atoms with Crippen molar-refractivity contribution in [2.75, 3.05) is 20.3 Å². The van der Waals surface area contributed by atoms with Gasteiger partial charge < -0.3 is 53.6 Å². The lowest BCUT2D eigenvalue weighted by molar-refractivity contribution is -0.259. The fourth-order valence-electron chi connectivity index (χ4n) is 9.95. The molecule has 17 atom stereocenters. The first kappa shape index (κ1) is 42.3. The number of hydrogen-bond acceptors (Lipinski definition) is 13. The quantitative estimate of drug-likeness (QED) is 0.169. The molecule has 0 aromatic carbocycles.